The molecule has 2 aliphatic carbocycles. The summed E-state index contributed by atoms with van der Waals surface area (Å²) in [4.78, 5) is 11.2. The highest BCUT2D eigenvalue weighted by molar-refractivity contribution is 5.80. The summed E-state index contributed by atoms with van der Waals surface area (Å²) >= 11 is 0. The summed E-state index contributed by atoms with van der Waals surface area (Å²) in [6.07, 6.45) is 6.20. The normalized spacial score (nSPS) is 22.5. The van der Waals surface area contributed by atoms with Crippen molar-refractivity contribution in [1.29, 1.82) is 0 Å². The second-order valence-corrected chi connectivity index (χ2v) is 4.15. The van der Waals surface area contributed by atoms with Gasteiger partial charge in [-0.15, -0.1) is 0 Å². The molecule has 74 valence electrons. The van der Waals surface area contributed by atoms with Gasteiger partial charge in [0.25, 0.3) is 0 Å². The Kier molecular flexibility index (Phi) is 2.83. The summed E-state index contributed by atoms with van der Waals surface area (Å²) in [6.45, 7) is 1.73. The quantitative estimate of drug-likeness (QED) is 0.613. The fraction of sp³-hybridized carbons (Fsp3) is 0.900. The standard InChI is InChI=1S/C10H18N2O/c13-10(8-4-5-8)12-7-6-11-9-2-1-3-9/h8-9,11H,1-7H2,(H,12,13). The fourth-order valence-corrected chi connectivity index (χ4v) is 1.56. The molecule has 0 heterocycles. The molecule has 3 heteroatoms. The third kappa shape index (κ3) is 2.69. The lowest BCUT2D eigenvalue weighted by Crippen LogP contribution is -2.40. The fourth-order valence-electron chi connectivity index (χ4n) is 1.56. The van der Waals surface area contributed by atoms with E-state index < -0.39 is 0 Å². The lowest BCUT2D eigenvalue weighted by Gasteiger charge is -2.26. The third-order valence-electron chi connectivity index (χ3n) is 2.91. The molecule has 0 bridgehead atoms. The van der Waals surface area contributed by atoms with Crippen molar-refractivity contribution in [2.75, 3.05) is 13.1 Å². The van der Waals surface area contributed by atoms with Gasteiger partial charge in [0.05, 0.1) is 0 Å². The van der Waals surface area contributed by atoms with Crippen LogP contribution in [0.1, 0.15) is 32.1 Å². The van der Waals surface area contributed by atoms with Gasteiger partial charge in [0.15, 0.2) is 0 Å². The Balaban J connectivity index is 1.45. The molecule has 0 radical (unpaired) electrons. The van der Waals surface area contributed by atoms with Gasteiger partial charge >= 0.3 is 0 Å². The molecule has 13 heavy (non-hydrogen) atoms. The van der Waals surface area contributed by atoms with E-state index >= 15 is 0 Å². The zero-order valence-electron chi connectivity index (χ0n) is 8.01. The first-order valence-corrected chi connectivity index (χ1v) is 5.37. The molecule has 0 aromatic rings. The maximum absolute atomic E-state index is 11.2. The second-order valence-electron chi connectivity index (χ2n) is 4.15. The Morgan fingerprint density at radius 3 is 2.46 bits per heavy atom. The average molecular weight is 182 g/mol. The van der Waals surface area contributed by atoms with Gasteiger partial charge in [-0.05, 0) is 25.7 Å². The topological polar surface area (TPSA) is 41.1 Å². The second kappa shape index (κ2) is 4.09. The Morgan fingerprint density at radius 2 is 1.92 bits per heavy atom. The van der Waals surface area contributed by atoms with Gasteiger partial charge in [0.1, 0.15) is 0 Å². The molecule has 2 N–H and O–H groups in total. The van der Waals surface area contributed by atoms with Crippen LogP contribution in [0.4, 0.5) is 0 Å². The van der Waals surface area contributed by atoms with Crippen LogP contribution >= 0.6 is 0 Å². The summed E-state index contributed by atoms with van der Waals surface area (Å²) in [5.74, 6) is 0.610. The minimum atomic E-state index is 0.260. The van der Waals surface area contributed by atoms with Crippen molar-refractivity contribution in [2.24, 2.45) is 5.92 Å². The van der Waals surface area contributed by atoms with Gasteiger partial charge in [-0.25, -0.2) is 0 Å². The van der Waals surface area contributed by atoms with Gasteiger partial charge < -0.3 is 10.6 Å². The molecular formula is C10H18N2O. The van der Waals surface area contributed by atoms with Crippen molar-refractivity contribution in [3.63, 3.8) is 0 Å². The third-order valence-corrected chi connectivity index (χ3v) is 2.91. The van der Waals surface area contributed by atoms with Crippen LogP contribution in [-0.4, -0.2) is 25.0 Å². The molecule has 2 fully saturated rings. The SMILES string of the molecule is O=C(NCCNC1CCC1)C1CC1. The van der Waals surface area contributed by atoms with E-state index in [0.717, 1.165) is 32.0 Å². The molecule has 2 rings (SSSR count). The van der Waals surface area contributed by atoms with Gasteiger partial charge in [-0.3, -0.25) is 4.79 Å². The number of hydrogen-bond donors (Lipinski definition) is 2. The van der Waals surface area contributed by atoms with E-state index in [9.17, 15) is 4.79 Å². The summed E-state index contributed by atoms with van der Waals surface area (Å²) in [7, 11) is 0. The average Bonchev–Trinajstić information content (AvgIpc) is 2.82. The Bertz CT molecular complexity index is 185. The Hall–Kier alpha value is -0.570. The maximum atomic E-state index is 11.2. The summed E-state index contributed by atoms with van der Waals surface area (Å²) in [5.41, 5.74) is 0. The van der Waals surface area contributed by atoms with Gasteiger partial charge in [0, 0.05) is 25.0 Å². The predicted molar refractivity (Wildman–Crippen MR) is 51.4 cm³/mol. The van der Waals surface area contributed by atoms with E-state index in [1.165, 1.54) is 19.3 Å². The molecule has 3 nitrogen and oxygen atoms in total. The number of amides is 1. The summed E-state index contributed by atoms with van der Waals surface area (Å²) in [5, 5.41) is 6.37. The predicted octanol–water partition coefficient (Wildman–Crippen LogP) is 0.655. The molecular weight excluding hydrogens is 164 g/mol. The van der Waals surface area contributed by atoms with E-state index in [0.29, 0.717) is 5.92 Å². The molecule has 0 aromatic heterocycles. The van der Waals surface area contributed by atoms with Crippen molar-refractivity contribution in [3.05, 3.63) is 0 Å². The number of hydrogen-bond acceptors (Lipinski definition) is 2. The van der Waals surface area contributed by atoms with Crippen LogP contribution in [0, 0.1) is 5.92 Å². The van der Waals surface area contributed by atoms with Gasteiger partial charge in [-0.2, -0.15) is 0 Å². The van der Waals surface area contributed by atoms with Crippen LogP contribution in [0.3, 0.4) is 0 Å². The smallest absolute Gasteiger partial charge is 0.223 e. The minimum Gasteiger partial charge on any atom is -0.355 e. The van der Waals surface area contributed by atoms with Crippen LogP contribution in [0.25, 0.3) is 0 Å². The van der Waals surface area contributed by atoms with Crippen molar-refractivity contribution in [3.8, 4) is 0 Å². The highest BCUT2D eigenvalue weighted by Crippen LogP contribution is 2.28. The monoisotopic (exact) mass is 182 g/mol. The number of rotatable bonds is 5. The van der Waals surface area contributed by atoms with Crippen LogP contribution < -0.4 is 10.6 Å². The molecule has 0 atom stereocenters. The Morgan fingerprint density at radius 1 is 1.15 bits per heavy atom. The van der Waals surface area contributed by atoms with Gasteiger partial charge in [0.2, 0.25) is 5.91 Å². The van der Waals surface area contributed by atoms with E-state index in [4.69, 9.17) is 0 Å². The first kappa shape index (κ1) is 9.00. The first-order chi connectivity index (χ1) is 6.36. The van der Waals surface area contributed by atoms with Crippen LogP contribution in [0.15, 0.2) is 0 Å². The maximum Gasteiger partial charge on any atom is 0.223 e. The highest BCUT2D eigenvalue weighted by Gasteiger charge is 2.29. The summed E-state index contributed by atoms with van der Waals surface area (Å²) in [6, 6.07) is 0.734. The highest BCUT2D eigenvalue weighted by atomic mass is 16.2. The minimum absolute atomic E-state index is 0.260. The lowest BCUT2D eigenvalue weighted by atomic mass is 9.93. The van der Waals surface area contributed by atoms with Crippen molar-refractivity contribution < 1.29 is 4.79 Å². The van der Waals surface area contributed by atoms with Crippen molar-refractivity contribution in [2.45, 2.75) is 38.1 Å². The van der Waals surface area contributed by atoms with Crippen LogP contribution in [0.5, 0.6) is 0 Å². The zero-order valence-corrected chi connectivity index (χ0v) is 8.01. The van der Waals surface area contributed by atoms with Crippen LogP contribution in [0.2, 0.25) is 0 Å². The number of carbonyl (C=O) groups excluding carboxylic acids is 1. The van der Waals surface area contributed by atoms with Crippen LogP contribution in [-0.2, 0) is 4.79 Å². The number of carbonyl (C=O) groups is 1. The van der Waals surface area contributed by atoms with Crippen molar-refractivity contribution >= 4 is 5.91 Å². The molecule has 0 aliphatic heterocycles. The van der Waals surface area contributed by atoms with E-state index in [1.54, 1.807) is 0 Å². The molecule has 0 aromatic carbocycles. The summed E-state index contributed by atoms with van der Waals surface area (Å²) < 4.78 is 0. The molecule has 0 unspecified atom stereocenters. The lowest BCUT2D eigenvalue weighted by molar-refractivity contribution is -0.122. The molecule has 0 saturated heterocycles. The first-order valence-electron chi connectivity index (χ1n) is 5.37. The molecule has 2 aliphatic rings. The van der Waals surface area contributed by atoms with E-state index in [-0.39, 0.29) is 5.91 Å². The number of nitrogens with one attached hydrogen (secondary N) is 2. The molecule has 2 saturated carbocycles. The largest absolute Gasteiger partial charge is 0.355 e. The van der Waals surface area contributed by atoms with E-state index in [2.05, 4.69) is 10.6 Å². The zero-order chi connectivity index (χ0) is 9.10. The van der Waals surface area contributed by atoms with E-state index in [1.807, 2.05) is 0 Å². The van der Waals surface area contributed by atoms with Gasteiger partial charge in [-0.1, -0.05) is 6.42 Å². The Labute approximate surface area is 79.3 Å². The molecule has 0 spiro atoms. The van der Waals surface area contributed by atoms with Crippen molar-refractivity contribution in [1.82, 2.24) is 10.6 Å². The molecule has 1 amide bonds.